The van der Waals surface area contributed by atoms with Crippen LogP contribution in [0.3, 0.4) is 0 Å². The maximum Gasteiger partial charge on any atom is 0.250 e. The Morgan fingerprint density at radius 1 is 0.828 bits per heavy atom. The van der Waals surface area contributed by atoms with Crippen LogP contribution in [0.5, 0.6) is 0 Å². The van der Waals surface area contributed by atoms with Crippen molar-refractivity contribution in [3.05, 3.63) is 45.7 Å². The third kappa shape index (κ3) is 7.73. The molecule has 0 spiro atoms. The molecule has 0 aliphatic rings. The molecule has 0 N–H and O–H groups in total. The van der Waals surface area contributed by atoms with Gasteiger partial charge in [-0.2, -0.15) is 0 Å². The molecule has 1 aromatic carbocycles. The van der Waals surface area contributed by atoms with Gasteiger partial charge in [-0.15, -0.1) is 23.2 Å². The quantitative estimate of drug-likeness (QED) is 0.307. The minimum Gasteiger partial charge on any atom is -0.368 e. The van der Waals surface area contributed by atoms with Crippen molar-refractivity contribution in [2.45, 2.75) is 14.0 Å². The number of hydrogen-bond acceptors (Lipinski definition) is 4. The zero-order valence-corrected chi connectivity index (χ0v) is 22.1. The van der Waals surface area contributed by atoms with E-state index in [1.807, 2.05) is 18.2 Å². The summed E-state index contributed by atoms with van der Waals surface area (Å²) in [6, 6.07) is 5.80. The van der Waals surface area contributed by atoms with Crippen LogP contribution in [-0.4, -0.2) is 39.8 Å². The van der Waals surface area contributed by atoms with E-state index in [0.29, 0.717) is 37.1 Å². The Morgan fingerprint density at radius 3 is 1.76 bits per heavy atom. The highest BCUT2D eigenvalue weighted by Crippen LogP contribution is 2.40. The molecule has 0 atom stereocenters. The van der Waals surface area contributed by atoms with Gasteiger partial charge in [0.15, 0.2) is 11.6 Å². The van der Waals surface area contributed by atoms with Crippen molar-refractivity contribution >= 4 is 114 Å². The number of anilines is 1. The Hall–Kier alpha value is 0.830. The maximum absolute atomic E-state index is 5.91. The van der Waals surface area contributed by atoms with Crippen LogP contribution in [0.25, 0.3) is 0 Å². The first kappa shape index (κ1) is 26.1. The van der Waals surface area contributed by atoms with Crippen LogP contribution in [-0.2, 0) is 14.0 Å². The van der Waals surface area contributed by atoms with Crippen LogP contribution >= 0.6 is 109 Å². The Bertz CT molecular complexity index is 802. The second-order valence-corrected chi connectivity index (χ2v) is 11.9. The van der Waals surface area contributed by atoms with Crippen molar-refractivity contribution in [3.63, 3.8) is 0 Å². The van der Waals surface area contributed by atoms with Crippen molar-refractivity contribution in [2.75, 3.05) is 29.7 Å². The lowest BCUT2D eigenvalue weighted by atomic mass is 10.1. The average molecular weight is 625 g/mol. The van der Waals surface area contributed by atoms with Crippen molar-refractivity contribution in [2.24, 2.45) is 0 Å². The molecule has 29 heavy (non-hydrogen) atoms. The Balaban J connectivity index is 2.37. The number of nitrogens with zero attached hydrogens (tertiary/aromatic N) is 4. The van der Waals surface area contributed by atoms with Gasteiger partial charge in [0.2, 0.25) is 7.59 Å². The van der Waals surface area contributed by atoms with E-state index in [2.05, 4.69) is 35.8 Å². The van der Waals surface area contributed by atoms with Gasteiger partial charge in [-0.05, 0) is 33.6 Å². The highest BCUT2D eigenvalue weighted by molar-refractivity contribution is 9.10. The van der Waals surface area contributed by atoms with Crippen molar-refractivity contribution < 1.29 is 0 Å². The van der Waals surface area contributed by atoms with Crippen molar-refractivity contribution in [3.8, 4) is 0 Å². The van der Waals surface area contributed by atoms with Gasteiger partial charge in [0.25, 0.3) is 0 Å². The predicted molar refractivity (Wildman–Crippen MR) is 129 cm³/mol. The predicted octanol–water partition coefficient (Wildman–Crippen LogP) is 7.16. The molecule has 0 radical (unpaired) electrons. The summed E-state index contributed by atoms with van der Waals surface area (Å²) in [5.74, 6) is 1.01. The molecule has 1 aromatic heterocycles. The number of halogens is 9. The summed E-state index contributed by atoms with van der Waals surface area (Å²) in [7, 11) is 0. The zero-order chi connectivity index (χ0) is 21.8. The van der Waals surface area contributed by atoms with Gasteiger partial charge in [0.05, 0.1) is 5.69 Å². The van der Waals surface area contributed by atoms with Crippen LogP contribution in [0.15, 0.2) is 22.7 Å². The Morgan fingerprint density at radius 2 is 1.34 bits per heavy atom. The van der Waals surface area contributed by atoms with E-state index in [4.69, 9.17) is 92.8 Å². The fourth-order valence-electron chi connectivity index (χ4n) is 2.41. The molecule has 2 rings (SSSR count). The van der Waals surface area contributed by atoms with Gasteiger partial charge in [0.1, 0.15) is 5.82 Å². The smallest absolute Gasteiger partial charge is 0.250 e. The molecule has 0 aliphatic carbocycles. The molecule has 0 saturated heterocycles. The summed E-state index contributed by atoms with van der Waals surface area (Å²) in [4.78, 5) is 14.5. The monoisotopic (exact) mass is 620 g/mol. The summed E-state index contributed by atoms with van der Waals surface area (Å²) < 4.78 is -2.92. The normalized spacial score (nSPS) is 12.3. The molecule has 0 unspecified atom stereocenters. The lowest BCUT2D eigenvalue weighted by molar-refractivity contribution is 0.791. The van der Waals surface area contributed by atoms with Crippen molar-refractivity contribution in [1.29, 1.82) is 0 Å². The number of alkyl halides is 8. The summed E-state index contributed by atoms with van der Waals surface area (Å²) in [5, 5.41) is 0. The van der Waals surface area contributed by atoms with Crippen LogP contribution in [0, 0.1) is 0 Å². The first-order chi connectivity index (χ1) is 13.5. The van der Waals surface area contributed by atoms with Gasteiger partial charge in [-0.3, -0.25) is 0 Å². The minimum absolute atomic E-state index is 0.125. The summed E-state index contributed by atoms with van der Waals surface area (Å²) in [5.41, 5.74) is 1.85. The van der Waals surface area contributed by atoms with Crippen LogP contribution < -0.4 is 4.90 Å². The zero-order valence-electron chi connectivity index (χ0n) is 14.5. The van der Waals surface area contributed by atoms with Crippen LogP contribution in [0.1, 0.15) is 23.0 Å². The SMILES string of the molecule is ClCCN(CCCl)c1ccc(Cc2nc(C(Cl)(Cl)Cl)nc(C(Cl)(Cl)Cl)n2)cc1Br. The van der Waals surface area contributed by atoms with E-state index < -0.39 is 7.59 Å². The van der Waals surface area contributed by atoms with Crippen molar-refractivity contribution in [1.82, 2.24) is 15.0 Å². The van der Waals surface area contributed by atoms with Gasteiger partial charge in [-0.25, -0.2) is 15.0 Å². The molecule has 13 heteroatoms. The van der Waals surface area contributed by atoms with E-state index in [0.717, 1.165) is 15.7 Å². The van der Waals surface area contributed by atoms with E-state index in [1.165, 1.54) is 0 Å². The van der Waals surface area contributed by atoms with Crippen LogP contribution in [0.2, 0.25) is 0 Å². The van der Waals surface area contributed by atoms with E-state index in [-0.39, 0.29) is 11.6 Å². The number of benzene rings is 1. The Kier molecular flexibility index (Phi) is 9.99. The largest absolute Gasteiger partial charge is 0.368 e. The molecular formula is C16H13BrCl8N4. The summed E-state index contributed by atoms with van der Waals surface area (Å²) >= 11 is 50.8. The highest BCUT2D eigenvalue weighted by Gasteiger charge is 2.33. The van der Waals surface area contributed by atoms with Crippen LogP contribution in [0.4, 0.5) is 5.69 Å². The molecule has 0 bridgehead atoms. The summed E-state index contributed by atoms with van der Waals surface area (Å²) in [6.45, 7) is 1.33. The van der Waals surface area contributed by atoms with Gasteiger partial charge in [-0.1, -0.05) is 75.7 Å². The molecule has 160 valence electrons. The van der Waals surface area contributed by atoms with E-state index >= 15 is 0 Å². The lowest BCUT2D eigenvalue weighted by Gasteiger charge is -2.24. The molecule has 0 amide bonds. The number of rotatable bonds is 7. The average Bonchev–Trinajstić information content (AvgIpc) is 2.60. The maximum atomic E-state index is 5.91. The van der Waals surface area contributed by atoms with E-state index in [9.17, 15) is 0 Å². The van der Waals surface area contributed by atoms with Gasteiger partial charge in [0, 0.05) is 35.7 Å². The third-order valence-corrected chi connectivity index (χ3v) is 5.60. The first-order valence-electron chi connectivity index (χ1n) is 8.00. The van der Waals surface area contributed by atoms with Gasteiger partial charge < -0.3 is 4.90 Å². The third-order valence-electron chi connectivity index (χ3n) is 3.61. The second-order valence-electron chi connectivity index (χ2n) is 5.72. The molecule has 2 aromatic rings. The molecule has 0 aliphatic heterocycles. The number of aromatic nitrogens is 3. The first-order valence-corrected chi connectivity index (χ1v) is 12.1. The fraction of sp³-hybridized carbons (Fsp3) is 0.438. The minimum atomic E-state index is -1.89. The molecular weight excluding hydrogens is 612 g/mol. The summed E-state index contributed by atoms with van der Waals surface area (Å²) in [6.07, 6.45) is 0.300. The van der Waals surface area contributed by atoms with Gasteiger partial charge >= 0.3 is 0 Å². The Labute approximate surface area is 217 Å². The molecule has 4 nitrogen and oxygen atoms in total. The molecule has 0 fully saturated rings. The molecule has 1 heterocycles. The number of hydrogen-bond donors (Lipinski definition) is 0. The fourth-order valence-corrected chi connectivity index (χ4v) is 4.00. The second kappa shape index (κ2) is 11.1. The molecule has 0 saturated carbocycles. The topological polar surface area (TPSA) is 41.9 Å². The van der Waals surface area contributed by atoms with E-state index in [1.54, 1.807) is 0 Å². The highest BCUT2D eigenvalue weighted by atomic mass is 79.9. The standard InChI is InChI=1S/C16H13BrCl8N4/c17-10-7-9(1-2-11(10)29(5-3-18)6-4-19)8-12-26-13(15(20,21)22)28-14(27-12)16(23,24)25/h1-2,7H,3-6,8H2. The lowest BCUT2D eigenvalue weighted by Crippen LogP contribution is -2.27.